The van der Waals surface area contributed by atoms with E-state index in [9.17, 15) is 4.39 Å². The van der Waals surface area contributed by atoms with Crippen LogP contribution < -0.4 is 10.2 Å². The molecule has 2 aliphatic rings. The van der Waals surface area contributed by atoms with Gasteiger partial charge in [-0.1, -0.05) is 0 Å². The maximum Gasteiger partial charge on any atom is 0.180 e. The van der Waals surface area contributed by atoms with E-state index < -0.39 is 0 Å². The average molecular weight is 366 g/mol. The van der Waals surface area contributed by atoms with Gasteiger partial charge in [-0.15, -0.1) is 0 Å². The van der Waals surface area contributed by atoms with E-state index in [2.05, 4.69) is 20.2 Å². The second kappa shape index (κ2) is 6.88. The van der Waals surface area contributed by atoms with Gasteiger partial charge < -0.3 is 10.2 Å². The van der Waals surface area contributed by atoms with Crippen molar-refractivity contribution >= 4 is 11.5 Å². The summed E-state index contributed by atoms with van der Waals surface area (Å²) in [5.74, 6) is 2.00. The average Bonchev–Trinajstić information content (AvgIpc) is 3.44. The van der Waals surface area contributed by atoms with Gasteiger partial charge >= 0.3 is 0 Å². The van der Waals surface area contributed by atoms with E-state index in [1.165, 1.54) is 37.9 Å². The number of piperidine rings is 1. The SMILES string of the molecule is Fc1ccc2ncc(-c3nccc(N(CC4CC4)[C@@H]4CCCNC4)n3)n2c1. The Balaban J connectivity index is 1.51. The molecule has 0 bridgehead atoms. The van der Waals surface area contributed by atoms with Crippen molar-refractivity contribution in [3.8, 4) is 11.5 Å². The molecular formula is C20H23FN6. The van der Waals surface area contributed by atoms with Crippen LogP contribution in [0.3, 0.4) is 0 Å². The Morgan fingerprint density at radius 1 is 1.19 bits per heavy atom. The molecule has 0 unspecified atom stereocenters. The number of anilines is 1. The van der Waals surface area contributed by atoms with Gasteiger partial charge in [0.25, 0.3) is 0 Å². The first kappa shape index (κ1) is 16.6. The summed E-state index contributed by atoms with van der Waals surface area (Å²) in [6.45, 7) is 3.13. The zero-order valence-corrected chi connectivity index (χ0v) is 15.2. The molecule has 1 saturated heterocycles. The van der Waals surface area contributed by atoms with Crippen LogP contribution in [0.1, 0.15) is 25.7 Å². The summed E-state index contributed by atoms with van der Waals surface area (Å²) in [6.07, 6.45) is 9.92. The number of fused-ring (bicyclic) bond motifs is 1. The van der Waals surface area contributed by atoms with Crippen molar-refractivity contribution in [2.45, 2.75) is 31.7 Å². The Morgan fingerprint density at radius 3 is 2.93 bits per heavy atom. The van der Waals surface area contributed by atoms with Gasteiger partial charge in [-0.3, -0.25) is 4.40 Å². The topological polar surface area (TPSA) is 58.4 Å². The van der Waals surface area contributed by atoms with Crippen molar-refractivity contribution in [3.63, 3.8) is 0 Å². The van der Waals surface area contributed by atoms with Gasteiger partial charge in [0.15, 0.2) is 5.82 Å². The highest BCUT2D eigenvalue weighted by atomic mass is 19.1. The van der Waals surface area contributed by atoms with Crippen LogP contribution in [0, 0.1) is 11.7 Å². The van der Waals surface area contributed by atoms with Crippen LogP contribution >= 0.6 is 0 Å². The molecule has 0 spiro atoms. The third-order valence-electron chi connectivity index (χ3n) is 5.50. The Kier molecular flexibility index (Phi) is 4.24. The summed E-state index contributed by atoms with van der Waals surface area (Å²) in [5.41, 5.74) is 1.39. The largest absolute Gasteiger partial charge is 0.352 e. The number of hydrogen-bond acceptors (Lipinski definition) is 5. The molecule has 140 valence electrons. The first-order valence-electron chi connectivity index (χ1n) is 9.71. The van der Waals surface area contributed by atoms with Crippen molar-refractivity contribution < 1.29 is 4.39 Å². The first-order chi connectivity index (χ1) is 13.3. The van der Waals surface area contributed by atoms with Crippen LogP contribution in [0.25, 0.3) is 17.2 Å². The summed E-state index contributed by atoms with van der Waals surface area (Å²) in [7, 11) is 0. The van der Waals surface area contributed by atoms with Gasteiger partial charge in [0.1, 0.15) is 23.0 Å². The van der Waals surface area contributed by atoms with Crippen molar-refractivity contribution in [1.29, 1.82) is 0 Å². The Hall–Kier alpha value is -2.54. The third-order valence-corrected chi connectivity index (χ3v) is 5.50. The maximum absolute atomic E-state index is 13.7. The lowest BCUT2D eigenvalue weighted by molar-refractivity contribution is 0.425. The molecule has 4 heterocycles. The zero-order chi connectivity index (χ0) is 18.2. The van der Waals surface area contributed by atoms with Crippen LogP contribution in [0.15, 0.2) is 36.8 Å². The normalized spacial score (nSPS) is 20.1. The van der Waals surface area contributed by atoms with Crippen molar-refractivity contribution in [2.24, 2.45) is 5.92 Å². The second-order valence-electron chi connectivity index (χ2n) is 7.55. The summed E-state index contributed by atoms with van der Waals surface area (Å²) >= 11 is 0. The van der Waals surface area contributed by atoms with E-state index >= 15 is 0 Å². The van der Waals surface area contributed by atoms with Crippen LogP contribution in [0.4, 0.5) is 10.2 Å². The summed E-state index contributed by atoms with van der Waals surface area (Å²) in [4.78, 5) is 16.1. The monoisotopic (exact) mass is 366 g/mol. The molecule has 0 radical (unpaired) electrons. The fourth-order valence-electron chi connectivity index (χ4n) is 3.86. The highest BCUT2D eigenvalue weighted by Gasteiger charge is 2.30. The molecule has 5 rings (SSSR count). The number of nitrogens with one attached hydrogen (secondary N) is 1. The van der Waals surface area contributed by atoms with Gasteiger partial charge in [0, 0.05) is 31.5 Å². The van der Waals surface area contributed by atoms with Crippen LogP contribution in [-0.2, 0) is 0 Å². The lowest BCUT2D eigenvalue weighted by Crippen LogP contribution is -2.47. The number of imidazole rings is 1. The van der Waals surface area contributed by atoms with Crippen LogP contribution in [0.2, 0.25) is 0 Å². The molecular weight excluding hydrogens is 343 g/mol. The molecule has 3 aromatic rings. The van der Waals surface area contributed by atoms with Crippen molar-refractivity contribution in [2.75, 3.05) is 24.5 Å². The maximum atomic E-state index is 13.7. The summed E-state index contributed by atoms with van der Waals surface area (Å²) < 4.78 is 15.4. The third kappa shape index (κ3) is 3.39. The van der Waals surface area contributed by atoms with Gasteiger partial charge in [-0.2, -0.15) is 0 Å². The summed E-state index contributed by atoms with van der Waals surface area (Å²) in [6, 6.07) is 5.53. The predicted octanol–water partition coefficient (Wildman–Crippen LogP) is 2.90. The number of hydrogen-bond donors (Lipinski definition) is 1. The van der Waals surface area contributed by atoms with Crippen LogP contribution in [0.5, 0.6) is 0 Å². The standard InChI is InChI=1S/C20H23FN6/c21-15-5-6-18-24-11-17(27(18)13-15)20-23-9-7-19(25-20)26(12-14-3-4-14)16-2-1-8-22-10-16/h5-7,9,11,13-14,16,22H,1-4,8,10,12H2/t16-/m1/s1. The van der Waals surface area contributed by atoms with Gasteiger partial charge in [0.05, 0.1) is 6.20 Å². The molecule has 6 nitrogen and oxygen atoms in total. The number of pyridine rings is 1. The Bertz CT molecular complexity index is 945. The minimum atomic E-state index is -0.304. The molecule has 27 heavy (non-hydrogen) atoms. The quantitative estimate of drug-likeness (QED) is 0.752. The molecule has 1 atom stereocenters. The molecule has 1 saturated carbocycles. The number of aromatic nitrogens is 4. The number of nitrogens with zero attached hydrogens (tertiary/aromatic N) is 5. The highest BCUT2D eigenvalue weighted by Crippen LogP contribution is 2.33. The lowest BCUT2D eigenvalue weighted by Gasteiger charge is -2.35. The molecule has 3 aromatic heterocycles. The highest BCUT2D eigenvalue weighted by molar-refractivity contribution is 5.58. The molecule has 2 fully saturated rings. The molecule has 0 aromatic carbocycles. The van der Waals surface area contributed by atoms with E-state index in [1.54, 1.807) is 22.9 Å². The van der Waals surface area contributed by atoms with Gasteiger partial charge in [-0.05, 0) is 56.3 Å². The van der Waals surface area contributed by atoms with E-state index in [0.29, 0.717) is 23.2 Å². The minimum Gasteiger partial charge on any atom is -0.352 e. The van der Waals surface area contributed by atoms with E-state index in [0.717, 1.165) is 31.4 Å². The zero-order valence-electron chi connectivity index (χ0n) is 15.2. The number of rotatable bonds is 5. The fourth-order valence-corrected chi connectivity index (χ4v) is 3.86. The first-order valence-corrected chi connectivity index (χ1v) is 9.71. The van der Waals surface area contributed by atoms with Gasteiger partial charge in [-0.25, -0.2) is 19.3 Å². The van der Waals surface area contributed by atoms with Crippen LogP contribution in [-0.4, -0.2) is 45.0 Å². The minimum absolute atomic E-state index is 0.304. The fraction of sp³-hybridized carbons (Fsp3) is 0.450. The second-order valence-corrected chi connectivity index (χ2v) is 7.55. The van der Waals surface area contributed by atoms with E-state index in [4.69, 9.17) is 4.98 Å². The molecule has 1 aliphatic heterocycles. The predicted molar refractivity (Wildman–Crippen MR) is 102 cm³/mol. The molecule has 1 N–H and O–H groups in total. The van der Waals surface area contributed by atoms with Gasteiger partial charge in [0.2, 0.25) is 0 Å². The molecule has 7 heteroatoms. The molecule has 0 amide bonds. The lowest BCUT2D eigenvalue weighted by atomic mass is 10.1. The van der Waals surface area contributed by atoms with E-state index in [1.807, 2.05) is 6.07 Å². The van der Waals surface area contributed by atoms with Crippen molar-refractivity contribution in [1.82, 2.24) is 24.7 Å². The van der Waals surface area contributed by atoms with E-state index in [-0.39, 0.29) is 5.82 Å². The molecule has 1 aliphatic carbocycles. The Labute approximate surface area is 157 Å². The Morgan fingerprint density at radius 2 is 2.11 bits per heavy atom. The van der Waals surface area contributed by atoms with Crippen molar-refractivity contribution in [3.05, 3.63) is 42.6 Å². The number of halogens is 1. The smallest absolute Gasteiger partial charge is 0.180 e. The summed E-state index contributed by atoms with van der Waals surface area (Å²) in [5, 5.41) is 3.51.